The molecule has 8 aromatic rings. The van der Waals surface area contributed by atoms with Gasteiger partial charge >= 0.3 is 0 Å². The van der Waals surface area contributed by atoms with Gasteiger partial charge in [-0.3, -0.25) is 0 Å². The topological polar surface area (TPSA) is 81.2 Å². The molecule has 0 N–H and O–H groups in total. The van der Waals surface area contributed by atoms with Gasteiger partial charge in [0.05, 0.1) is 61.9 Å². The third-order valence-corrected chi connectivity index (χ3v) is 9.46. The van der Waals surface area contributed by atoms with Crippen molar-refractivity contribution in [3.63, 3.8) is 0 Å². The van der Waals surface area contributed by atoms with Crippen LogP contribution in [0.15, 0.2) is 133 Å². The Kier molecular flexibility index (Phi) is 7.52. The predicted molar refractivity (Wildman–Crippen MR) is 205 cm³/mol. The third-order valence-electron chi connectivity index (χ3n) is 9.46. The van der Waals surface area contributed by atoms with Gasteiger partial charge in [-0.15, -0.1) is 6.42 Å². The van der Waals surface area contributed by atoms with Crippen LogP contribution in [0.3, 0.4) is 0 Å². The second-order valence-corrected chi connectivity index (χ2v) is 12.1. The van der Waals surface area contributed by atoms with Gasteiger partial charge in [-0.05, 0) is 66.6 Å². The maximum absolute atomic E-state index is 10.9. The molecule has 0 aliphatic rings. The summed E-state index contributed by atoms with van der Waals surface area (Å²) in [7, 11) is 0. The molecule has 236 valence electrons. The first-order chi connectivity index (χ1) is 25.1. The summed E-state index contributed by atoms with van der Waals surface area (Å²) >= 11 is 0. The average molecular weight is 650 g/mol. The molecule has 0 unspecified atom stereocenters. The fourth-order valence-electron chi connectivity index (χ4n) is 7.38. The van der Waals surface area contributed by atoms with E-state index in [0.29, 0.717) is 27.9 Å². The standard InChI is InChI=1S/C46H27N5/c1-3-13-41-32(4-2)39-26-30(27-47)24-25-45(39)50(41)44-23-12-19-35(40(44)29-49)33-15-5-6-16-34(33)38-20-11-14-31(28-48)46(38)51-42-21-9-7-17-36(42)37-18-8-10-22-43(37)51/h2-3,5-26H,1H3/b13-3-. The van der Waals surface area contributed by atoms with Gasteiger partial charge in [-0.25, -0.2) is 0 Å². The first-order valence-corrected chi connectivity index (χ1v) is 16.5. The van der Waals surface area contributed by atoms with Gasteiger partial charge in [-0.1, -0.05) is 96.9 Å². The maximum atomic E-state index is 10.9. The van der Waals surface area contributed by atoms with Gasteiger partial charge in [0.1, 0.15) is 12.1 Å². The maximum Gasteiger partial charge on any atom is 0.102 e. The van der Waals surface area contributed by atoms with E-state index in [4.69, 9.17) is 6.42 Å². The molecule has 5 heteroatoms. The van der Waals surface area contributed by atoms with Crippen molar-refractivity contribution in [3.05, 3.63) is 161 Å². The minimum Gasteiger partial charge on any atom is -0.307 e. The molecule has 0 saturated heterocycles. The molecule has 0 radical (unpaired) electrons. The van der Waals surface area contributed by atoms with Crippen LogP contribution in [0, 0.1) is 46.3 Å². The fourth-order valence-corrected chi connectivity index (χ4v) is 7.38. The molecule has 0 atom stereocenters. The molecule has 2 heterocycles. The number of fused-ring (bicyclic) bond motifs is 4. The zero-order chi connectivity index (χ0) is 35.1. The van der Waals surface area contributed by atoms with E-state index in [1.165, 1.54) is 0 Å². The molecule has 51 heavy (non-hydrogen) atoms. The quantitative estimate of drug-likeness (QED) is 0.174. The third kappa shape index (κ3) is 4.70. The van der Waals surface area contributed by atoms with E-state index < -0.39 is 0 Å². The minimum atomic E-state index is 0.468. The SMILES string of the molecule is C#Cc1c(/C=C\C)n(-c2cccc(-c3ccccc3-c3cccc(C#N)c3-n3c4ccccc4c4ccccc43)c2C#N)c2ccc(C#N)cc12. The highest BCUT2D eigenvalue weighted by atomic mass is 15.0. The predicted octanol–water partition coefficient (Wildman–Crippen LogP) is 10.7. The van der Waals surface area contributed by atoms with Crippen LogP contribution in [0.2, 0.25) is 0 Å². The fraction of sp³-hybridized carbons (Fsp3) is 0.0217. The first kappa shape index (κ1) is 30.7. The van der Waals surface area contributed by atoms with Crippen LogP contribution in [0.1, 0.15) is 34.9 Å². The van der Waals surface area contributed by atoms with Crippen molar-refractivity contribution in [1.82, 2.24) is 9.13 Å². The average Bonchev–Trinajstić information content (AvgIpc) is 3.68. The first-order valence-electron chi connectivity index (χ1n) is 16.5. The molecular formula is C46H27N5. The summed E-state index contributed by atoms with van der Waals surface area (Å²) in [5.74, 6) is 2.84. The van der Waals surface area contributed by atoms with E-state index in [2.05, 4.69) is 53.0 Å². The number of aromatic nitrogens is 2. The molecule has 0 bridgehead atoms. The number of allylic oxidation sites excluding steroid dienone is 1. The lowest BCUT2D eigenvalue weighted by molar-refractivity contribution is 1.10. The molecule has 8 rings (SSSR count). The van der Waals surface area contributed by atoms with Gasteiger partial charge in [0.2, 0.25) is 0 Å². The molecule has 0 fully saturated rings. The number of nitrogens with zero attached hydrogens (tertiary/aromatic N) is 5. The van der Waals surface area contributed by atoms with E-state index >= 15 is 0 Å². The van der Waals surface area contributed by atoms with Crippen molar-refractivity contribution in [2.45, 2.75) is 6.92 Å². The highest BCUT2D eigenvalue weighted by Gasteiger charge is 2.24. The number of rotatable bonds is 5. The smallest absolute Gasteiger partial charge is 0.102 e. The summed E-state index contributed by atoms with van der Waals surface area (Å²) in [4.78, 5) is 0. The summed E-state index contributed by atoms with van der Waals surface area (Å²) in [6.07, 6.45) is 9.94. The Hall–Kier alpha value is -7.57. The number of benzene rings is 6. The molecule has 6 aromatic carbocycles. The second kappa shape index (κ2) is 12.5. The van der Waals surface area contributed by atoms with Crippen LogP contribution in [-0.4, -0.2) is 9.13 Å². The number of hydrogen-bond donors (Lipinski definition) is 0. The highest BCUT2D eigenvalue weighted by Crippen LogP contribution is 2.43. The number of hydrogen-bond acceptors (Lipinski definition) is 3. The van der Waals surface area contributed by atoms with Crippen molar-refractivity contribution < 1.29 is 0 Å². The highest BCUT2D eigenvalue weighted by molar-refractivity contribution is 6.10. The summed E-state index contributed by atoms with van der Waals surface area (Å²) in [6, 6.07) is 48.9. The van der Waals surface area contributed by atoms with Crippen molar-refractivity contribution >= 4 is 38.8 Å². The van der Waals surface area contributed by atoms with Gasteiger partial charge in [0, 0.05) is 27.3 Å². The summed E-state index contributed by atoms with van der Waals surface area (Å²) < 4.78 is 4.19. The number of nitriles is 3. The van der Waals surface area contributed by atoms with Gasteiger partial charge in [-0.2, -0.15) is 15.8 Å². The zero-order valence-corrected chi connectivity index (χ0v) is 27.6. The molecular weight excluding hydrogens is 623 g/mol. The lowest BCUT2D eigenvalue weighted by Gasteiger charge is -2.19. The van der Waals surface area contributed by atoms with Gasteiger partial charge in [0.15, 0.2) is 0 Å². The molecule has 0 saturated carbocycles. The Morgan fingerprint density at radius 3 is 1.80 bits per heavy atom. The van der Waals surface area contributed by atoms with Crippen LogP contribution in [-0.2, 0) is 0 Å². The normalized spacial score (nSPS) is 11.1. The van der Waals surface area contributed by atoms with Crippen LogP contribution in [0.25, 0.3) is 72.4 Å². The Morgan fingerprint density at radius 2 is 1.16 bits per heavy atom. The molecule has 0 spiro atoms. The molecule has 5 nitrogen and oxygen atoms in total. The monoisotopic (exact) mass is 649 g/mol. The lowest BCUT2D eigenvalue weighted by atomic mass is 9.89. The molecule has 0 aliphatic carbocycles. The molecule has 0 amide bonds. The second-order valence-electron chi connectivity index (χ2n) is 12.1. The Bertz CT molecular complexity index is 2870. The van der Waals surface area contributed by atoms with Crippen molar-refractivity contribution in [3.8, 4) is 64.2 Å². The van der Waals surface area contributed by atoms with E-state index in [1.54, 1.807) is 12.1 Å². The van der Waals surface area contributed by atoms with Crippen molar-refractivity contribution in [2.24, 2.45) is 0 Å². The van der Waals surface area contributed by atoms with E-state index in [1.807, 2.05) is 115 Å². The van der Waals surface area contributed by atoms with Crippen LogP contribution in [0.4, 0.5) is 0 Å². The van der Waals surface area contributed by atoms with E-state index in [0.717, 1.165) is 66.3 Å². The van der Waals surface area contributed by atoms with Crippen LogP contribution >= 0.6 is 0 Å². The zero-order valence-electron chi connectivity index (χ0n) is 27.6. The van der Waals surface area contributed by atoms with Crippen LogP contribution in [0.5, 0.6) is 0 Å². The Labute approximate surface area is 295 Å². The van der Waals surface area contributed by atoms with Crippen molar-refractivity contribution in [2.75, 3.05) is 0 Å². The Morgan fingerprint density at radius 1 is 0.549 bits per heavy atom. The van der Waals surface area contributed by atoms with E-state index in [9.17, 15) is 15.8 Å². The summed E-state index contributed by atoms with van der Waals surface area (Å²) in [5, 5.41) is 34.1. The summed E-state index contributed by atoms with van der Waals surface area (Å²) in [5.41, 5.74) is 10.5. The number of para-hydroxylation sites is 3. The summed E-state index contributed by atoms with van der Waals surface area (Å²) in [6.45, 7) is 1.92. The largest absolute Gasteiger partial charge is 0.307 e. The lowest BCUT2D eigenvalue weighted by Crippen LogP contribution is -2.03. The molecule has 0 aliphatic heterocycles. The van der Waals surface area contributed by atoms with E-state index in [-0.39, 0.29) is 0 Å². The molecule has 2 aromatic heterocycles. The number of terminal acetylenes is 1. The minimum absolute atomic E-state index is 0.468. The van der Waals surface area contributed by atoms with Crippen molar-refractivity contribution in [1.29, 1.82) is 15.8 Å². The van der Waals surface area contributed by atoms with Gasteiger partial charge < -0.3 is 9.13 Å². The van der Waals surface area contributed by atoms with Gasteiger partial charge in [0.25, 0.3) is 0 Å². The van der Waals surface area contributed by atoms with Crippen LogP contribution < -0.4 is 0 Å². The Balaban J connectivity index is 1.43.